The van der Waals surface area contributed by atoms with Crippen molar-refractivity contribution in [2.24, 2.45) is 5.73 Å². The number of carbonyl (C=O) groups is 1. The van der Waals surface area contributed by atoms with E-state index in [-0.39, 0.29) is 11.9 Å². The highest BCUT2D eigenvalue weighted by Gasteiger charge is 2.21. The van der Waals surface area contributed by atoms with E-state index < -0.39 is 0 Å². The maximum absolute atomic E-state index is 12.5. The van der Waals surface area contributed by atoms with Crippen molar-refractivity contribution in [2.75, 3.05) is 0 Å². The molecule has 104 valence electrons. The number of benzene rings is 2. The molecule has 3 rings (SSSR count). The van der Waals surface area contributed by atoms with Gasteiger partial charge in [-0.1, -0.05) is 36.4 Å². The van der Waals surface area contributed by atoms with Gasteiger partial charge in [-0.15, -0.1) is 0 Å². The summed E-state index contributed by atoms with van der Waals surface area (Å²) in [5.74, 6) is 0.0299. The summed E-state index contributed by atoms with van der Waals surface area (Å²) in [7, 11) is 0. The number of nitrogens with two attached hydrogens (primary N) is 1. The largest absolute Gasteiger partial charge is 0.349 e. The molecule has 1 saturated carbocycles. The van der Waals surface area contributed by atoms with Crippen LogP contribution in [0.25, 0.3) is 10.8 Å². The first kappa shape index (κ1) is 13.1. The van der Waals surface area contributed by atoms with E-state index in [0.717, 1.165) is 42.0 Å². The Morgan fingerprint density at radius 2 is 1.70 bits per heavy atom. The van der Waals surface area contributed by atoms with Crippen molar-refractivity contribution < 1.29 is 4.79 Å². The molecule has 1 aliphatic rings. The molecule has 0 spiro atoms. The first-order valence-electron chi connectivity index (χ1n) is 7.28. The van der Waals surface area contributed by atoms with E-state index in [4.69, 9.17) is 5.73 Å². The molecule has 0 heterocycles. The van der Waals surface area contributed by atoms with Gasteiger partial charge in [0.15, 0.2) is 0 Å². The van der Waals surface area contributed by atoms with E-state index in [1.54, 1.807) is 0 Å². The number of rotatable bonds is 2. The third-order valence-corrected chi connectivity index (χ3v) is 4.14. The molecule has 0 aromatic heterocycles. The third-order valence-electron chi connectivity index (χ3n) is 4.14. The summed E-state index contributed by atoms with van der Waals surface area (Å²) in [5.41, 5.74) is 6.66. The van der Waals surface area contributed by atoms with E-state index in [9.17, 15) is 4.79 Å². The van der Waals surface area contributed by atoms with Crippen LogP contribution < -0.4 is 11.1 Å². The molecule has 0 saturated heterocycles. The zero-order chi connectivity index (χ0) is 13.9. The van der Waals surface area contributed by atoms with Gasteiger partial charge in [-0.25, -0.2) is 0 Å². The maximum atomic E-state index is 12.5. The van der Waals surface area contributed by atoms with E-state index in [1.807, 2.05) is 42.5 Å². The highest BCUT2D eigenvalue weighted by atomic mass is 16.1. The number of hydrogen-bond acceptors (Lipinski definition) is 2. The lowest BCUT2D eigenvalue weighted by Gasteiger charge is -2.27. The Morgan fingerprint density at radius 1 is 1.00 bits per heavy atom. The van der Waals surface area contributed by atoms with E-state index in [1.165, 1.54) is 0 Å². The molecule has 3 N–H and O–H groups in total. The van der Waals surface area contributed by atoms with Crippen molar-refractivity contribution in [2.45, 2.75) is 37.8 Å². The minimum Gasteiger partial charge on any atom is -0.349 e. The minimum atomic E-state index is 0.0299. The number of nitrogens with one attached hydrogen (secondary N) is 1. The van der Waals surface area contributed by atoms with Gasteiger partial charge in [0, 0.05) is 17.6 Å². The van der Waals surface area contributed by atoms with E-state index >= 15 is 0 Å². The van der Waals surface area contributed by atoms with Crippen LogP contribution in [0.4, 0.5) is 0 Å². The smallest absolute Gasteiger partial charge is 0.252 e. The predicted molar refractivity (Wildman–Crippen MR) is 81.6 cm³/mol. The first-order chi connectivity index (χ1) is 9.74. The fourth-order valence-corrected chi connectivity index (χ4v) is 2.95. The molecular weight excluding hydrogens is 248 g/mol. The Balaban J connectivity index is 1.79. The number of carbonyl (C=O) groups excluding carboxylic acids is 1. The minimum absolute atomic E-state index is 0.0299. The quantitative estimate of drug-likeness (QED) is 0.880. The monoisotopic (exact) mass is 268 g/mol. The molecule has 1 amide bonds. The lowest BCUT2D eigenvalue weighted by molar-refractivity contribution is 0.0927. The molecule has 0 atom stereocenters. The normalized spacial score (nSPS) is 22.6. The molecule has 2 aromatic carbocycles. The molecule has 0 bridgehead atoms. The summed E-state index contributed by atoms with van der Waals surface area (Å²) in [4.78, 5) is 12.5. The summed E-state index contributed by atoms with van der Waals surface area (Å²) in [6.45, 7) is 0. The van der Waals surface area contributed by atoms with Gasteiger partial charge in [-0.3, -0.25) is 4.79 Å². The topological polar surface area (TPSA) is 55.1 Å². The standard InChI is InChI=1S/C17H20N2O/c18-13-8-10-14(11-9-13)19-17(20)16-7-3-5-12-4-1-2-6-15(12)16/h1-7,13-14H,8-11,18H2,(H,19,20). The van der Waals surface area contributed by atoms with Gasteiger partial charge in [0.1, 0.15) is 0 Å². The van der Waals surface area contributed by atoms with Crippen LogP contribution in [0, 0.1) is 0 Å². The Morgan fingerprint density at radius 3 is 2.50 bits per heavy atom. The Bertz CT molecular complexity index is 610. The van der Waals surface area contributed by atoms with Crippen molar-refractivity contribution in [3.05, 3.63) is 48.0 Å². The van der Waals surface area contributed by atoms with Gasteiger partial charge in [0.25, 0.3) is 5.91 Å². The Kier molecular flexibility index (Phi) is 3.70. The zero-order valence-corrected chi connectivity index (χ0v) is 11.5. The van der Waals surface area contributed by atoms with Crippen LogP contribution in [0.3, 0.4) is 0 Å². The second-order valence-electron chi connectivity index (χ2n) is 5.61. The van der Waals surface area contributed by atoms with Crippen LogP contribution in [0.1, 0.15) is 36.0 Å². The molecule has 1 aliphatic carbocycles. The number of amides is 1. The van der Waals surface area contributed by atoms with Gasteiger partial charge >= 0.3 is 0 Å². The molecule has 0 radical (unpaired) electrons. The van der Waals surface area contributed by atoms with Crippen molar-refractivity contribution >= 4 is 16.7 Å². The van der Waals surface area contributed by atoms with Crippen molar-refractivity contribution in [3.63, 3.8) is 0 Å². The van der Waals surface area contributed by atoms with Gasteiger partial charge < -0.3 is 11.1 Å². The highest BCUT2D eigenvalue weighted by Crippen LogP contribution is 2.21. The van der Waals surface area contributed by atoms with Crippen molar-refractivity contribution in [1.82, 2.24) is 5.32 Å². The average Bonchev–Trinajstić information content (AvgIpc) is 2.49. The van der Waals surface area contributed by atoms with Crippen LogP contribution in [-0.4, -0.2) is 18.0 Å². The molecule has 2 aromatic rings. The second kappa shape index (κ2) is 5.63. The van der Waals surface area contributed by atoms with Gasteiger partial charge in [0.05, 0.1) is 0 Å². The maximum Gasteiger partial charge on any atom is 0.252 e. The highest BCUT2D eigenvalue weighted by molar-refractivity contribution is 6.07. The van der Waals surface area contributed by atoms with Crippen LogP contribution in [-0.2, 0) is 0 Å². The van der Waals surface area contributed by atoms with E-state index in [0.29, 0.717) is 6.04 Å². The fraction of sp³-hybridized carbons (Fsp3) is 0.353. The van der Waals surface area contributed by atoms with Crippen LogP contribution >= 0.6 is 0 Å². The SMILES string of the molecule is NC1CCC(NC(=O)c2cccc3ccccc23)CC1. The molecular formula is C17H20N2O. The lowest BCUT2D eigenvalue weighted by atomic mass is 9.91. The molecule has 1 fully saturated rings. The summed E-state index contributed by atoms with van der Waals surface area (Å²) < 4.78 is 0. The zero-order valence-electron chi connectivity index (χ0n) is 11.5. The summed E-state index contributed by atoms with van der Waals surface area (Å²) >= 11 is 0. The van der Waals surface area contributed by atoms with Gasteiger partial charge in [-0.05, 0) is 42.5 Å². The molecule has 0 aliphatic heterocycles. The van der Waals surface area contributed by atoms with Gasteiger partial charge in [-0.2, -0.15) is 0 Å². The third kappa shape index (κ3) is 2.68. The second-order valence-corrected chi connectivity index (χ2v) is 5.61. The van der Waals surface area contributed by atoms with Crippen LogP contribution in [0.2, 0.25) is 0 Å². The average molecular weight is 268 g/mol. The summed E-state index contributed by atoms with van der Waals surface area (Å²) in [6.07, 6.45) is 3.97. The van der Waals surface area contributed by atoms with E-state index in [2.05, 4.69) is 5.32 Å². The van der Waals surface area contributed by atoms with Crippen molar-refractivity contribution in [1.29, 1.82) is 0 Å². The van der Waals surface area contributed by atoms with Crippen LogP contribution in [0.5, 0.6) is 0 Å². The number of hydrogen-bond donors (Lipinski definition) is 2. The Hall–Kier alpha value is -1.87. The first-order valence-corrected chi connectivity index (χ1v) is 7.28. The molecule has 20 heavy (non-hydrogen) atoms. The number of fused-ring (bicyclic) bond motifs is 1. The molecule has 0 unspecified atom stereocenters. The van der Waals surface area contributed by atoms with Gasteiger partial charge in [0.2, 0.25) is 0 Å². The lowest BCUT2D eigenvalue weighted by Crippen LogP contribution is -2.40. The summed E-state index contributed by atoms with van der Waals surface area (Å²) in [6, 6.07) is 14.4. The molecule has 3 heteroatoms. The molecule has 3 nitrogen and oxygen atoms in total. The summed E-state index contributed by atoms with van der Waals surface area (Å²) in [5, 5.41) is 5.27. The Labute approximate surface area is 119 Å². The fourth-order valence-electron chi connectivity index (χ4n) is 2.95. The van der Waals surface area contributed by atoms with Crippen LogP contribution in [0.15, 0.2) is 42.5 Å². The van der Waals surface area contributed by atoms with Crippen molar-refractivity contribution in [3.8, 4) is 0 Å². The predicted octanol–water partition coefficient (Wildman–Crippen LogP) is 2.84.